The van der Waals surface area contributed by atoms with Gasteiger partial charge in [0.2, 0.25) is 15.9 Å². The first-order chi connectivity index (χ1) is 10.7. The van der Waals surface area contributed by atoms with Crippen LogP contribution >= 0.6 is 0 Å². The fourth-order valence-electron chi connectivity index (χ4n) is 2.65. The zero-order valence-corrected chi connectivity index (χ0v) is 13.8. The Morgan fingerprint density at radius 3 is 2.74 bits per heavy atom. The van der Waals surface area contributed by atoms with Gasteiger partial charge in [-0.05, 0) is 25.8 Å². The summed E-state index contributed by atoms with van der Waals surface area (Å²) in [6, 6.07) is 4.47. The van der Waals surface area contributed by atoms with E-state index in [0.29, 0.717) is 30.6 Å². The number of nitro groups is 1. The van der Waals surface area contributed by atoms with Crippen LogP contribution < -0.4 is 5.32 Å². The van der Waals surface area contributed by atoms with Crippen LogP contribution in [0, 0.1) is 23.0 Å². The summed E-state index contributed by atoms with van der Waals surface area (Å²) in [6.07, 6.45) is 2.32. The van der Waals surface area contributed by atoms with Crippen LogP contribution in [0.15, 0.2) is 18.2 Å². The number of hydrogen-bond donors (Lipinski definition) is 1. The van der Waals surface area contributed by atoms with E-state index in [9.17, 15) is 23.3 Å². The van der Waals surface area contributed by atoms with Crippen LogP contribution in [0.4, 0.5) is 11.4 Å². The lowest BCUT2D eigenvalue weighted by Crippen LogP contribution is -2.43. The van der Waals surface area contributed by atoms with Crippen molar-refractivity contribution in [1.29, 1.82) is 0 Å². The molecule has 0 aromatic heterocycles. The largest absolute Gasteiger partial charge is 0.325 e. The van der Waals surface area contributed by atoms with Gasteiger partial charge in [0.1, 0.15) is 0 Å². The highest BCUT2D eigenvalue weighted by Gasteiger charge is 2.30. The highest BCUT2D eigenvalue weighted by atomic mass is 32.2. The van der Waals surface area contributed by atoms with Crippen molar-refractivity contribution >= 4 is 27.3 Å². The quantitative estimate of drug-likeness (QED) is 0.659. The van der Waals surface area contributed by atoms with Crippen molar-refractivity contribution < 1.29 is 18.1 Å². The van der Waals surface area contributed by atoms with Crippen molar-refractivity contribution in [3.05, 3.63) is 33.9 Å². The first kappa shape index (κ1) is 17.4. The van der Waals surface area contributed by atoms with Crippen molar-refractivity contribution in [2.24, 2.45) is 5.92 Å². The van der Waals surface area contributed by atoms with Gasteiger partial charge in [-0.2, -0.15) is 0 Å². The van der Waals surface area contributed by atoms with Crippen molar-refractivity contribution in [3.63, 3.8) is 0 Å². The molecule has 1 amide bonds. The highest BCUT2D eigenvalue weighted by Crippen LogP contribution is 2.26. The topological polar surface area (TPSA) is 110 Å². The SMILES string of the molecule is Cc1c(NC(=O)[C@H]2CCCN(S(C)(=O)=O)C2)cccc1[N+](=O)[O-]. The number of carbonyl (C=O) groups excluding carboxylic acids is 1. The monoisotopic (exact) mass is 341 g/mol. The average molecular weight is 341 g/mol. The van der Waals surface area contributed by atoms with Crippen LogP contribution in [0.3, 0.4) is 0 Å². The molecule has 0 radical (unpaired) electrons. The average Bonchev–Trinajstić information content (AvgIpc) is 2.48. The summed E-state index contributed by atoms with van der Waals surface area (Å²) in [5.41, 5.74) is 0.687. The molecule has 1 heterocycles. The number of amides is 1. The standard InChI is InChI=1S/C14H19N3O5S/c1-10-12(6-3-7-13(10)17(19)20)15-14(18)11-5-4-8-16(9-11)23(2,21)22/h3,6-7,11H,4-5,8-9H2,1-2H3,(H,15,18)/t11-/m0/s1. The number of hydrogen-bond acceptors (Lipinski definition) is 5. The van der Waals surface area contributed by atoms with Crippen LogP contribution in [0.1, 0.15) is 18.4 Å². The first-order valence-electron chi connectivity index (χ1n) is 7.20. The van der Waals surface area contributed by atoms with Crippen LogP contribution in [0.2, 0.25) is 0 Å². The van der Waals surface area contributed by atoms with Gasteiger partial charge in [-0.3, -0.25) is 14.9 Å². The lowest BCUT2D eigenvalue weighted by atomic mass is 9.98. The van der Waals surface area contributed by atoms with E-state index in [0.717, 1.165) is 6.26 Å². The number of carbonyl (C=O) groups is 1. The molecule has 1 fully saturated rings. The second kappa shape index (κ2) is 6.63. The Morgan fingerprint density at radius 2 is 2.13 bits per heavy atom. The molecular formula is C14H19N3O5S. The molecule has 1 aromatic carbocycles. The second-order valence-corrected chi connectivity index (χ2v) is 7.64. The highest BCUT2D eigenvalue weighted by molar-refractivity contribution is 7.88. The zero-order valence-electron chi connectivity index (χ0n) is 13.0. The molecule has 0 spiro atoms. The minimum absolute atomic E-state index is 0.0655. The van der Waals surface area contributed by atoms with Gasteiger partial charge in [0.25, 0.3) is 5.69 Å². The zero-order chi connectivity index (χ0) is 17.2. The van der Waals surface area contributed by atoms with Crippen LogP contribution in [0.25, 0.3) is 0 Å². The molecule has 23 heavy (non-hydrogen) atoms. The maximum absolute atomic E-state index is 12.4. The van der Waals surface area contributed by atoms with Gasteiger partial charge in [-0.1, -0.05) is 6.07 Å². The van der Waals surface area contributed by atoms with E-state index < -0.39 is 20.9 Å². The molecule has 1 N–H and O–H groups in total. The third-order valence-corrected chi connectivity index (χ3v) is 5.25. The summed E-state index contributed by atoms with van der Waals surface area (Å²) in [5.74, 6) is -0.779. The Morgan fingerprint density at radius 1 is 1.43 bits per heavy atom. The fourth-order valence-corrected chi connectivity index (χ4v) is 3.56. The minimum Gasteiger partial charge on any atom is -0.325 e. The number of piperidine rings is 1. The summed E-state index contributed by atoms with van der Waals surface area (Å²) in [4.78, 5) is 22.8. The van der Waals surface area contributed by atoms with E-state index in [4.69, 9.17) is 0 Å². The molecule has 0 unspecified atom stereocenters. The van der Waals surface area contributed by atoms with Gasteiger partial charge in [-0.15, -0.1) is 0 Å². The van der Waals surface area contributed by atoms with E-state index in [1.54, 1.807) is 13.0 Å². The molecule has 2 rings (SSSR count). The molecule has 8 nitrogen and oxygen atoms in total. The molecule has 0 saturated carbocycles. The van der Waals surface area contributed by atoms with Gasteiger partial charge in [0, 0.05) is 19.2 Å². The molecule has 0 bridgehead atoms. The Hall–Kier alpha value is -2.00. The third kappa shape index (κ3) is 4.05. The van der Waals surface area contributed by atoms with E-state index in [1.807, 2.05) is 0 Å². The predicted molar refractivity (Wildman–Crippen MR) is 85.6 cm³/mol. The van der Waals surface area contributed by atoms with Crippen molar-refractivity contribution in [3.8, 4) is 0 Å². The van der Waals surface area contributed by atoms with Gasteiger partial charge in [-0.25, -0.2) is 12.7 Å². The maximum atomic E-state index is 12.4. The van der Waals surface area contributed by atoms with Gasteiger partial charge >= 0.3 is 0 Å². The summed E-state index contributed by atoms with van der Waals surface area (Å²) in [6.45, 7) is 2.12. The van der Waals surface area contributed by atoms with Crippen LogP contribution in [-0.4, -0.2) is 42.9 Å². The van der Waals surface area contributed by atoms with Crippen molar-refractivity contribution in [1.82, 2.24) is 4.31 Å². The normalized spacial score (nSPS) is 19.3. The number of nitrogens with one attached hydrogen (secondary N) is 1. The van der Waals surface area contributed by atoms with Crippen molar-refractivity contribution in [2.75, 3.05) is 24.7 Å². The van der Waals surface area contributed by atoms with Crippen LogP contribution in [-0.2, 0) is 14.8 Å². The summed E-state index contributed by atoms with van der Waals surface area (Å²) >= 11 is 0. The second-order valence-electron chi connectivity index (χ2n) is 5.66. The minimum atomic E-state index is -3.33. The van der Waals surface area contributed by atoms with Gasteiger partial charge in [0.05, 0.1) is 28.3 Å². The Labute approximate surface area is 134 Å². The molecule has 1 aliphatic heterocycles. The lowest BCUT2D eigenvalue weighted by Gasteiger charge is -2.30. The molecule has 9 heteroatoms. The number of rotatable bonds is 4. The molecular weight excluding hydrogens is 322 g/mol. The van der Waals surface area contributed by atoms with E-state index in [-0.39, 0.29) is 18.1 Å². The van der Waals surface area contributed by atoms with Gasteiger partial charge < -0.3 is 5.32 Å². The van der Waals surface area contributed by atoms with E-state index in [2.05, 4.69) is 5.32 Å². The summed E-state index contributed by atoms with van der Waals surface area (Å²) in [5, 5.41) is 13.6. The van der Waals surface area contributed by atoms with E-state index >= 15 is 0 Å². The van der Waals surface area contributed by atoms with E-state index in [1.165, 1.54) is 16.4 Å². The molecule has 1 atom stereocenters. The summed E-state index contributed by atoms with van der Waals surface area (Å²) < 4.78 is 24.5. The summed E-state index contributed by atoms with van der Waals surface area (Å²) in [7, 11) is -3.33. The number of nitrogens with zero attached hydrogens (tertiary/aromatic N) is 2. The number of anilines is 1. The number of nitro benzene ring substituents is 1. The lowest BCUT2D eigenvalue weighted by molar-refractivity contribution is -0.385. The maximum Gasteiger partial charge on any atom is 0.274 e. The molecule has 0 aliphatic carbocycles. The third-order valence-electron chi connectivity index (χ3n) is 3.98. The Balaban J connectivity index is 2.13. The molecule has 1 aliphatic rings. The molecule has 126 valence electrons. The smallest absolute Gasteiger partial charge is 0.274 e. The number of sulfonamides is 1. The number of benzene rings is 1. The fraction of sp³-hybridized carbons (Fsp3) is 0.500. The molecule has 1 saturated heterocycles. The van der Waals surface area contributed by atoms with Gasteiger partial charge in [0.15, 0.2) is 0 Å². The predicted octanol–water partition coefficient (Wildman–Crippen LogP) is 1.51. The van der Waals surface area contributed by atoms with Crippen molar-refractivity contribution in [2.45, 2.75) is 19.8 Å². The first-order valence-corrected chi connectivity index (χ1v) is 9.05. The molecule has 1 aromatic rings. The Bertz CT molecular complexity index is 732. The van der Waals surface area contributed by atoms with Crippen LogP contribution in [0.5, 0.6) is 0 Å². The Kier molecular flexibility index (Phi) is 5.00.